The summed E-state index contributed by atoms with van der Waals surface area (Å²) >= 11 is 0. The highest BCUT2D eigenvalue weighted by atomic mass is 16.7. The number of aryl methyl sites for hydroxylation is 1. The molecule has 8 nitrogen and oxygen atoms in total. The zero-order chi connectivity index (χ0) is 21.8. The van der Waals surface area contributed by atoms with Gasteiger partial charge < -0.3 is 19.8 Å². The van der Waals surface area contributed by atoms with E-state index in [4.69, 9.17) is 9.47 Å². The van der Waals surface area contributed by atoms with Crippen molar-refractivity contribution in [3.63, 3.8) is 0 Å². The van der Waals surface area contributed by atoms with Crippen molar-refractivity contribution in [3.8, 4) is 11.5 Å². The maximum Gasteiger partial charge on any atom is 0.328 e. The van der Waals surface area contributed by atoms with Gasteiger partial charge in [0.15, 0.2) is 11.5 Å². The number of hydrogen-bond donors (Lipinski definition) is 2. The first-order valence-corrected chi connectivity index (χ1v) is 10.1. The molecule has 0 radical (unpaired) electrons. The Morgan fingerprint density at radius 1 is 1.10 bits per heavy atom. The largest absolute Gasteiger partial charge is 0.454 e. The lowest BCUT2D eigenvalue weighted by Gasteiger charge is -2.14. The van der Waals surface area contributed by atoms with Gasteiger partial charge in [-0.2, -0.15) is 0 Å². The monoisotopic (exact) mass is 421 g/mol. The molecule has 0 aliphatic carbocycles. The van der Waals surface area contributed by atoms with Gasteiger partial charge in [-0.25, -0.2) is 4.79 Å². The fourth-order valence-corrected chi connectivity index (χ4v) is 3.44. The molecule has 8 heteroatoms. The van der Waals surface area contributed by atoms with Crippen molar-refractivity contribution >= 4 is 5.91 Å². The summed E-state index contributed by atoms with van der Waals surface area (Å²) in [5.74, 6) is 0.659. The van der Waals surface area contributed by atoms with Crippen LogP contribution in [0, 0.1) is 0 Å². The first-order chi connectivity index (χ1) is 15.0. The van der Waals surface area contributed by atoms with Gasteiger partial charge in [0.25, 0.3) is 11.5 Å². The first kappa shape index (κ1) is 20.5. The topological polar surface area (TPSA) is 102 Å². The zero-order valence-corrected chi connectivity index (χ0v) is 17.1. The number of rotatable bonds is 7. The van der Waals surface area contributed by atoms with Gasteiger partial charge >= 0.3 is 5.69 Å². The van der Waals surface area contributed by atoms with E-state index in [1.54, 1.807) is 18.2 Å². The molecule has 3 aromatic rings. The molecule has 1 unspecified atom stereocenters. The van der Waals surface area contributed by atoms with E-state index < -0.39 is 17.2 Å². The third kappa shape index (κ3) is 4.69. The van der Waals surface area contributed by atoms with E-state index in [2.05, 4.69) is 10.3 Å². The van der Waals surface area contributed by atoms with E-state index >= 15 is 0 Å². The van der Waals surface area contributed by atoms with Crippen LogP contribution in [0.25, 0.3) is 0 Å². The van der Waals surface area contributed by atoms with Crippen LogP contribution in [0.3, 0.4) is 0 Å². The summed E-state index contributed by atoms with van der Waals surface area (Å²) in [6, 6.07) is 15.0. The fraction of sp³-hybridized carbons (Fsp3) is 0.261. The Bertz CT molecular complexity index is 1200. The van der Waals surface area contributed by atoms with Crippen LogP contribution in [0.5, 0.6) is 11.5 Å². The predicted octanol–water partition coefficient (Wildman–Crippen LogP) is 2.06. The number of benzene rings is 2. The second-order valence-electron chi connectivity index (χ2n) is 7.49. The van der Waals surface area contributed by atoms with Crippen molar-refractivity contribution in [2.75, 3.05) is 6.79 Å². The van der Waals surface area contributed by atoms with Gasteiger partial charge in [0, 0.05) is 12.2 Å². The third-order valence-electron chi connectivity index (χ3n) is 5.17. The van der Waals surface area contributed by atoms with Crippen LogP contribution < -0.4 is 26.0 Å². The molecule has 1 amide bonds. The lowest BCUT2D eigenvalue weighted by Crippen LogP contribution is -2.42. The fourth-order valence-electron chi connectivity index (χ4n) is 3.44. The molecule has 1 aliphatic heterocycles. The number of amides is 1. The van der Waals surface area contributed by atoms with Crippen molar-refractivity contribution in [3.05, 3.63) is 92.3 Å². The molecule has 0 bridgehead atoms. The van der Waals surface area contributed by atoms with Crippen LogP contribution >= 0.6 is 0 Å². The summed E-state index contributed by atoms with van der Waals surface area (Å²) in [5, 5.41) is 2.84. The number of H-pyrrole nitrogens is 1. The number of ether oxygens (including phenoxy) is 2. The third-order valence-corrected chi connectivity index (χ3v) is 5.17. The molecule has 2 N–H and O–H groups in total. The lowest BCUT2D eigenvalue weighted by atomic mass is 10.1. The number of carbonyl (C=O) groups is 1. The highest BCUT2D eigenvalue weighted by molar-refractivity contribution is 5.93. The molecule has 160 valence electrons. The number of nitrogens with one attached hydrogen (secondary N) is 2. The number of aromatic amines is 1. The summed E-state index contributed by atoms with van der Waals surface area (Å²) in [7, 11) is 0. The molecular formula is C23H23N3O5. The van der Waals surface area contributed by atoms with E-state index in [0.29, 0.717) is 17.1 Å². The molecule has 1 aliphatic rings. The van der Waals surface area contributed by atoms with Crippen LogP contribution in [0.4, 0.5) is 0 Å². The number of nitrogens with zero attached hydrogens (tertiary/aromatic N) is 1. The Kier molecular flexibility index (Phi) is 5.88. The molecule has 4 rings (SSSR count). The predicted molar refractivity (Wildman–Crippen MR) is 115 cm³/mol. The molecule has 0 spiro atoms. The second-order valence-corrected chi connectivity index (χ2v) is 7.49. The van der Waals surface area contributed by atoms with Crippen LogP contribution in [0.15, 0.2) is 64.3 Å². The number of hydrogen-bond acceptors (Lipinski definition) is 5. The molecule has 31 heavy (non-hydrogen) atoms. The van der Waals surface area contributed by atoms with Gasteiger partial charge in [-0.1, -0.05) is 36.4 Å². The normalized spacial score (nSPS) is 13.1. The maximum absolute atomic E-state index is 12.9. The molecule has 1 atom stereocenters. The minimum Gasteiger partial charge on any atom is -0.454 e. The summed E-state index contributed by atoms with van der Waals surface area (Å²) in [6.45, 7) is 2.03. The molecule has 0 fully saturated rings. The van der Waals surface area contributed by atoms with Crippen molar-refractivity contribution in [1.29, 1.82) is 0 Å². The maximum atomic E-state index is 12.9. The highest BCUT2D eigenvalue weighted by Gasteiger charge is 2.18. The molecule has 2 heterocycles. The molecule has 2 aromatic carbocycles. The van der Waals surface area contributed by atoms with Crippen LogP contribution in [0.1, 0.15) is 34.8 Å². The van der Waals surface area contributed by atoms with E-state index in [9.17, 15) is 14.4 Å². The average molecular weight is 421 g/mol. The lowest BCUT2D eigenvalue weighted by molar-refractivity contribution is 0.0935. The molecule has 0 saturated heterocycles. The Morgan fingerprint density at radius 2 is 1.87 bits per heavy atom. The molecule has 0 saturated carbocycles. The summed E-state index contributed by atoms with van der Waals surface area (Å²) in [6.07, 6.45) is 2.70. The van der Waals surface area contributed by atoms with Gasteiger partial charge in [-0.3, -0.25) is 14.2 Å². The van der Waals surface area contributed by atoms with Gasteiger partial charge in [0.1, 0.15) is 5.56 Å². The van der Waals surface area contributed by atoms with Crippen molar-refractivity contribution < 1.29 is 14.3 Å². The Hall–Kier alpha value is -3.81. The van der Waals surface area contributed by atoms with E-state index in [1.165, 1.54) is 11.8 Å². The summed E-state index contributed by atoms with van der Waals surface area (Å²) in [5.41, 5.74) is 0.529. The van der Waals surface area contributed by atoms with Crippen molar-refractivity contribution in [2.45, 2.75) is 32.4 Å². The quantitative estimate of drug-likeness (QED) is 0.608. The molecular weight excluding hydrogens is 398 g/mol. The minimum absolute atomic E-state index is 0.00941. The highest BCUT2D eigenvalue weighted by Crippen LogP contribution is 2.32. The average Bonchev–Trinajstić information content (AvgIpc) is 3.24. The van der Waals surface area contributed by atoms with Gasteiger partial charge in [-0.05, 0) is 43.0 Å². The van der Waals surface area contributed by atoms with E-state index in [-0.39, 0.29) is 24.9 Å². The zero-order valence-electron chi connectivity index (χ0n) is 17.1. The number of carbonyl (C=O) groups excluding carboxylic acids is 1. The first-order valence-electron chi connectivity index (χ1n) is 10.1. The Balaban J connectivity index is 1.47. The minimum atomic E-state index is -0.644. The van der Waals surface area contributed by atoms with Crippen LogP contribution in [-0.2, 0) is 13.0 Å². The summed E-state index contributed by atoms with van der Waals surface area (Å²) < 4.78 is 11.6. The number of fused-ring (bicyclic) bond motifs is 1. The Morgan fingerprint density at radius 3 is 2.68 bits per heavy atom. The standard InChI is InChI=1S/C23H23N3O5/c1-15(7-8-16-5-3-2-4-6-16)25-21(27)18-12-24-23(29)26(22(18)28)13-17-9-10-19-20(11-17)31-14-30-19/h2-6,9-12,15H,7-8,13-14H2,1H3,(H,24,29)(H,25,27). The summed E-state index contributed by atoms with van der Waals surface area (Å²) in [4.78, 5) is 40.3. The van der Waals surface area contributed by atoms with Gasteiger partial charge in [-0.15, -0.1) is 0 Å². The van der Waals surface area contributed by atoms with Crippen LogP contribution in [-0.4, -0.2) is 28.3 Å². The van der Waals surface area contributed by atoms with E-state index in [0.717, 1.165) is 17.4 Å². The van der Waals surface area contributed by atoms with Gasteiger partial charge in [0.05, 0.1) is 6.54 Å². The molecule has 1 aromatic heterocycles. The van der Waals surface area contributed by atoms with E-state index in [1.807, 2.05) is 37.3 Å². The smallest absolute Gasteiger partial charge is 0.328 e. The Labute approximate surface area is 178 Å². The SMILES string of the molecule is CC(CCc1ccccc1)NC(=O)c1c[nH]c(=O)n(Cc2ccc3c(c2)OCO3)c1=O. The van der Waals surface area contributed by atoms with Crippen LogP contribution in [0.2, 0.25) is 0 Å². The van der Waals surface area contributed by atoms with Crippen molar-refractivity contribution in [1.82, 2.24) is 14.9 Å². The second kappa shape index (κ2) is 8.91. The van der Waals surface area contributed by atoms with Gasteiger partial charge in [0.2, 0.25) is 6.79 Å². The number of aromatic nitrogens is 2. The van der Waals surface area contributed by atoms with Crippen molar-refractivity contribution in [2.24, 2.45) is 0 Å².